The Hall–Kier alpha value is -1.38. The Kier molecular flexibility index (Phi) is 1.84. The van der Waals surface area contributed by atoms with Crippen LogP contribution in [0.3, 0.4) is 0 Å². The summed E-state index contributed by atoms with van der Waals surface area (Å²) in [5.74, 6) is -1.53. The molecule has 14 heavy (non-hydrogen) atoms. The molecule has 0 saturated heterocycles. The maximum atomic E-state index is 13.2. The number of nitrogens with zero attached hydrogens (tertiary/aromatic N) is 1. The van der Waals surface area contributed by atoms with Crippen molar-refractivity contribution in [2.24, 2.45) is 7.05 Å². The van der Waals surface area contributed by atoms with Crippen molar-refractivity contribution >= 4 is 10.9 Å². The number of rotatable bonds is 0. The van der Waals surface area contributed by atoms with E-state index >= 15 is 0 Å². The van der Waals surface area contributed by atoms with E-state index in [1.807, 2.05) is 24.6 Å². The number of halogens is 2. The molecule has 74 valence electrons. The van der Waals surface area contributed by atoms with Crippen molar-refractivity contribution < 1.29 is 8.78 Å². The summed E-state index contributed by atoms with van der Waals surface area (Å²) in [7, 11) is 1.84. The molecule has 1 aromatic carbocycles. The summed E-state index contributed by atoms with van der Waals surface area (Å²) in [6, 6.07) is 3.11. The summed E-state index contributed by atoms with van der Waals surface area (Å²) < 4.78 is 28.2. The van der Waals surface area contributed by atoms with Gasteiger partial charge in [0.1, 0.15) is 0 Å². The molecule has 0 fully saturated rings. The van der Waals surface area contributed by atoms with E-state index in [0.29, 0.717) is 5.56 Å². The zero-order valence-electron chi connectivity index (χ0n) is 8.36. The van der Waals surface area contributed by atoms with Gasteiger partial charge in [0.05, 0.1) is 5.52 Å². The summed E-state index contributed by atoms with van der Waals surface area (Å²) in [4.78, 5) is 0. The van der Waals surface area contributed by atoms with Crippen LogP contribution in [0.4, 0.5) is 8.78 Å². The van der Waals surface area contributed by atoms with Crippen LogP contribution >= 0.6 is 0 Å². The smallest absolute Gasteiger partial charge is 0.162 e. The van der Waals surface area contributed by atoms with Gasteiger partial charge in [-0.25, -0.2) is 8.78 Å². The Balaban J connectivity index is 2.98. The van der Waals surface area contributed by atoms with Crippen LogP contribution in [0.15, 0.2) is 12.1 Å². The lowest BCUT2D eigenvalue weighted by molar-refractivity contribution is 0.505. The molecule has 0 aliphatic rings. The third-order valence-electron chi connectivity index (χ3n) is 2.73. The number of benzene rings is 1. The fraction of sp³-hybridized carbons (Fsp3) is 0.273. The van der Waals surface area contributed by atoms with Gasteiger partial charge in [0.2, 0.25) is 0 Å². The summed E-state index contributed by atoms with van der Waals surface area (Å²) in [6.07, 6.45) is 0. The SMILES string of the molecule is Cc1c(F)c(F)cc2c1cc(C)n2C. The molecule has 2 rings (SSSR count). The standard InChI is InChI=1S/C11H11F2N/c1-6-4-8-7(2)11(13)9(12)5-10(8)14(6)3/h4-5H,1-3H3. The average Bonchev–Trinajstić information content (AvgIpc) is 2.42. The van der Waals surface area contributed by atoms with E-state index in [4.69, 9.17) is 0 Å². The molecule has 0 radical (unpaired) electrons. The molecule has 0 bridgehead atoms. The topological polar surface area (TPSA) is 4.93 Å². The number of hydrogen-bond acceptors (Lipinski definition) is 0. The molecule has 1 nitrogen and oxygen atoms in total. The lowest BCUT2D eigenvalue weighted by Gasteiger charge is -2.02. The first kappa shape index (κ1) is 9.19. The highest BCUT2D eigenvalue weighted by Gasteiger charge is 2.12. The minimum atomic E-state index is -0.781. The van der Waals surface area contributed by atoms with Gasteiger partial charge in [-0.1, -0.05) is 0 Å². The highest BCUT2D eigenvalue weighted by atomic mass is 19.2. The summed E-state index contributed by atoms with van der Waals surface area (Å²) in [5, 5.41) is 0.781. The van der Waals surface area contributed by atoms with Crippen molar-refractivity contribution in [3.05, 3.63) is 35.0 Å². The summed E-state index contributed by atoms with van der Waals surface area (Å²) in [6.45, 7) is 3.51. The first-order valence-electron chi connectivity index (χ1n) is 4.43. The molecule has 0 N–H and O–H groups in total. The molecule has 0 amide bonds. The lowest BCUT2D eigenvalue weighted by atomic mass is 10.1. The van der Waals surface area contributed by atoms with E-state index < -0.39 is 11.6 Å². The lowest BCUT2D eigenvalue weighted by Crippen LogP contribution is -1.93. The predicted octanol–water partition coefficient (Wildman–Crippen LogP) is 3.07. The molecule has 0 spiro atoms. The Bertz CT molecular complexity index is 512. The van der Waals surface area contributed by atoms with Gasteiger partial charge in [0.15, 0.2) is 11.6 Å². The fourth-order valence-electron chi connectivity index (χ4n) is 1.71. The van der Waals surface area contributed by atoms with Crippen molar-refractivity contribution in [3.63, 3.8) is 0 Å². The number of aryl methyl sites for hydroxylation is 3. The van der Waals surface area contributed by atoms with E-state index in [-0.39, 0.29) is 0 Å². The van der Waals surface area contributed by atoms with Crippen LogP contribution in [0.2, 0.25) is 0 Å². The van der Waals surface area contributed by atoms with Gasteiger partial charge >= 0.3 is 0 Å². The van der Waals surface area contributed by atoms with Crippen LogP contribution in [0.5, 0.6) is 0 Å². The second-order valence-corrected chi connectivity index (χ2v) is 3.57. The van der Waals surface area contributed by atoms with Gasteiger partial charge in [-0.2, -0.15) is 0 Å². The molecular weight excluding hydrogens is 184 g/mol. The molecule has 2 aromatic rings. The van der Waals surface area contributed by atoms with E-state index in [9.17, 15) is 8.78 Å². The second-order valence-electron chi connectivity index (χ2n) is 3.57. The quantitative estimate of drug-likeness (QED) is 0.608. The predicted molar refractivity (Wildman–Crippen MR) is 52.3 cm³/mol. The Labute approximate surface area is 81.0 Å². The first-order valence-corrected chi connectivity index (χ1v) is 4.43. The molecule has 0 saturated carbocycles. The van der Waals surface area contributed by atoms with Crippen molar-refractivity contribution in [3.8, 4) is 0 Å². The third kappa shape index (κ3) is 1.05. The average molecular weight is 195 g/mol. The Morgan fingerprint density at radius 2 is 1.79 bits per heavy atom. The van der Waals surface area contributed by atoms with Crippen molar-refractivity contribution in [1.29, 1.82) is 0 Å². The van der Waals surface area contributed by atoms with Gasteiger partial charge in [0, 0.05) is 24.2 Å². The largest absolute Gasteiger partial charge is 0.348 e. The molecule has 3 heteroatoms. The second kappa shape index (κ2) is 2.80. The van der Waals surface area contributed by atoms with E-state index in [0.717, 1.165) is 16.6 Å². The van der Waals surface area contributed by atoms with Gasteiger partial charge < -0.3 is 4.57 Å². The van der Waals surface area contributed by atoms with E-state index in [2.05, 4.69) is 0 Å². The van der Waals surface area contributed by atoms with E-state index in [1.165, 1.54) is 6.07 Å². The van der Waals surface area contributed by atoms with Crippen LogP contribution in [-0.4, -0.2) is 4.57 Å². The Morgan fingerprint density at radius 3 is 2.43 bits per heavy atom. The fourth-order valence-corrected chi connectivity index (χ4v) is 1.71. The molecule has 0 aliphatic carbocycles. The van der Waals surface area contributed by atoms with Gasteiger partial charge in [0.25, 0.3) is 0 Å². The minimum absolute atomic E-state index is 0.378. The van der Waals surface area contributed by atoms with Crippen molar-refractivity contribution in [1.82, 2.24) is 4.57 Å². The molecule has 1 aromatic heterocycles. The van der Waals surface area contributed by atoms with Crippen LogP contribution < -0.4 is 0 Å². The van der Waals surface area contributed by atoms with Gasteiger partial charge in [-0.05, 0) is 25.5 Å². The summed E-state index contributed by atoms with van der Waals surface area (Å²) in [5.41, 5.74) is 2.11. The Morgan fingerprint density at radius 1 is 1.14 bits per heavy atom. The van der Waals surface area contributed by atoms with Crippen LogP contribution in [-0.2, 0) is 7.05 Å². The first-order chi connectivity index (χ1) is 6.52. The highest BCUT2D eigenvalue weighted by Crippen LogP contribution is 2.25. The monoisotopic (exact) mass is 195 g/mol. The summed E-state index contributed by atoms with van der Waals surface area (Å²) >= 11 is 0. The number of hydrogen-bond donors (Lipinski definition) is 0. The molecular formula is C11H11F2N. The van der Waals surface area contributed by atoms with Crippen molar-refractivity contribution in [2.75, 3.05) is 0 Å². The minimum Gasteiger partial charge on any atom is -0.348 e. The molecule has 0 atom stereocenters. The molecule has 1 heterocycles. The van der Waals surface area contributed by atoms with Crippen LogP contribution in [0, 0.1) is 25.5 Å². The van der Waals surface area contributed by atoms with E-state index in [1.54, 1.807) is 6.92 Å². The van der Waals surface area contributed by atoms with Crippen LogP contribution in [0.1, 0.15) is 11.3 Å². The zero-order valence-corrected chi connectivity index (χ0v) is 8.36. The number of aromatic nitrogens is 1. The van der Waals surface area contributed by atoms with Gasteiger partial charge in [-0.3, -0.25) is 0 Å². The normalized spacial score (nSPS) is 11.2. The third-order valence-corrected chi connectivity index (χ3v) is 2.73. The molecule has 0 unspecified atom stereocenters. The zero-order chi connectivity index (χ0) is 10.5. The maximum Gasteiger partial charge on any atom is 0.162 e. The van der Waals surface area contributed by atoms with Crippen molar-refractivity contribution in [2.45, 2.75) is 13.8 Å². The maximum absolute atomic E-state index is 13.2. The van der Waals surface area contributed by atoms with Crippen LogP contribution in [0.25, 0.3) is 10.9 Å². The highest BCUT2D eigenvalue weighted by molar-refractivity contribution is 5.84. The molecule has 0 aliphatic heterocycles. The number of fused-ring (bicyclic) bond motifs is 1. The van der Waals surface area contributed by atoms with Gasteiger partial charge in [-0.15, -0.1) is 0 Å².